The fourth-order valence-electron chi connectivity index (χ4n) is 3.66. The van der Waals surface area contributed by atoms with Crippen LogP contribution in [0.3, 0.4) is 0 Å². The molecule has 1 amide bonds. The molecule has 1 aromatic carbocycles. The number of anilines is 1. The van der Waals surface area contributed by atoms with Crippen LogP contribution in [0.25, 0.3) is 0 Å². The van der Waals surface area contributed by atoms with Crippen molar-refractivity contribution in [1.29, 1.82) is 0 Å². The van der Waals surface area contributed by atoms with Crippen LogP contribution in [0, 0.1) is 5.92 Å². The predicted octanol–water partition coefficient (Wildman–Crippen LogP) is 2.64. The van der Waals surface area contributed by atoms with E-state index in [1.807, 2.05) is 18.2 Å². The van der Waals surface area contributed by atoms with Crippen LogP contribution in [0.4, 0.5) is 5.69 Å². The highest BCUT2D eigenvalue weighted by atomic mass is 16.3. The molecule has 2 fully saturated rings. The number of rotatable bonds is 3. The van der Waals surface area contributed by atoms with Crippen LogP contribution >= 0.6 is 0 Å². The number of hydrogen-bond acceptors (Lipinski definition) is 3. The van der Waals surface area contributed by atoms with Gasteiger partial charge in [-0.15, -0.1) is 0 Å². The SMILES string of the molecule is O=C(Nc1ccccc1C1CCC(O)CC1)[C@H]1CCCNC1. The van der Waals surface area contributed by atoms with Gasteiger partial charge in [-0.1, -0.05) is 18.2 Å². The molecule has 1 atom stereocenters. The molecule has 4 nitrogen and oxygen atoms in total. The average molecular weight is 302 g/mol. The first-order valence-corrected chi connectivity index (χ1v) is 8.52. The number of carbonyl (C=O) groups excluding carboxylic acids is 1. The van der Waals surface area contributed by atoms with Gasteiger partial charge in [-0.25, -0.2) is 0 Å². The number of aliphatic hydroxyl groups is 1. The summed E-state index contributed by atoms with van der Waals surface area (Å²) < 4.78 is 0. The Hall–Kier alpha value is -1.39. The van der Waals surface area contributed by atoms with Crippen LogP contribution in [0.1, 0.15) is 50.0 Å². The Morgan fingerprint density at radius 3 is 2.64 bits per heavy atom. The standard InChI is InChI=1S/C18H26N2O2/c21-15-9-7-13(8-10-15)16-5-1-2-6-17(16)20-18(22)14-4-3-11-19-12-14/h1-2,5-6,13-15,19,21H,3-4,7-12H2,(H,20,22)/t13?,14-,15?/m0/s1. The van der Waals surface area contributed by atoms with Crippen molar-refractivity contribution in [2.24, 2.45) is 5.92 Å². The Labute approximate surface area is 132 Å². The molecule has 3 N–H and O–H groups in total. The summed E-state index contributed by atoms with van der Waals surface area (Å²) in [6.07, 6.45) is 5.61. The molecule has 120 valence electrons. The van der Waals surface area contributed by atoms with E-state index in [2.05, 4.69) is 16.7 Å². The molecule has 0 aromatic heterocycles. The van der Waals surface area contributed by atoms with E-state index in [0.29, 0.717) is 5.92 Å². The zero-order valence-electron chi connectivity index (χ0n) is 13.1. The summed E-state index contributed by atoms with van der Waals surface area (Å²) >= 11 is 0. The molecule has 22 heavy (non-hydrogen) atoms. The lowest BCUT2D eigenvalue weighted by Gasteiger charge is -2.28. The van der Waals surface area contributed by atoms with Crippen molar-refractivity contribution >= 4 is 11.6 Å². The maximum Gasteiger partial charge on any atom is 0.228 e. The molecule has 1 heterocycles. The third-order valence-electron chi connectivity index (χ3n) is 5.02. The van der Waals surface area contributed by atoms with E-state index < -0.39 is 0 Å². The highest BCUT2D eigenvalue weighted by Crippen LogP contribution is 2.36. The van der Waals surface area contributed by atoms with E-state index in [9.17, 15) is 9.90 Å². The molecular formula is C18H26N2O2. The lowest BCUT2D eigenvalue weighted by atomic mass is 9.82. The van der Waals surface area contributed by atoms with Crippen molar-refractivity contribution in [2.75, 3.05) is 18.4 Å². The molecule has 0 bridgehead atoms. The van der Waals surface area contributed by atoms with Gasteiger partial charge in [-0.2, -0.15) is 0 Å². The molecular weight excluding hydrogens is 276 g/mol. The van der Waals surface area contributed by atoms with Gasteiger partial charge in [0.2, 0.25) is 5.91 Å². The van der Waals surface area contributed by atoms with Crippen molar-refractivity contribution < 1.29 is 9.90 Å². The maximum absolute atomic E-state index is 12.5. The number of para-hydroxylation sites is 1. The van der Waals surface area contributed by atoms with Crippen molar-refractivity contribution in [2.45, 2.75) is 50.5 Å². The smallest absolute Gasteiger partial charge is 0.228 e. The third-order valence-corrected chi connectivity index (χ3v) is 5.02. The van der Waals surface area contributed by atoms with E-state index in [0.717, 1.165) is 57.3 Å². The van der Waals surface area contributed by atoms with Crippen molar-refractivity contribution in [1.82, 2.24) is 5.32 Å². The molecule has 4 heteroatoms. The number of hydrogen-bond donors (Lipinski definition) is 3. The van der Waals surface area contributed by atoms with E-state index in [-0.39, 0.29) is 17.9 Å². The van der Waals surface area contributed by atoms with Gasteiger partial charge in [0.1, 0.15) is 0 Å². The maximum atomic E-state index is 12.5. The molecule has 0 unspecified atom stereocenters. The minimum absolute atomic E-state index is 0.0787. The zero-order valence-corrected chi connectivity index (χ0v) is 13.1. The monoisotopic (exact) mass is 302 g/mol. The summed E-state index contributed by atoms with van der Waals surface area (Å²) in [4.78, 5) is 12.5. The van der Waals surface area contributed by atoms with Crippen molar-refractivity contribution in [3.8, 4) is 0 Å². The van der Waals surface area contributed by atoms with E-state index >= 15 is 0 Å². The predicted molar refractivity (Wildman–Crippen MR) is 87.9 cm³/mol. The van der Waals surface area contributed by atoms with Crippen LogP contribution in [-0.2, 0) is 4.79 Å². The highest BCUT2D eigenvalue weighted by molar-refractivity contribution is 5.93. The number of nitrogens with one attached hydrogen (secondary N) is 2. The molecule has 3 rings (SSSR count). The second-order valence-electron chi connectivity index (χ2n) is 6.63. The molecule has 0 radical (unpaired) electrons. The van der Waals surface area contributed by atoms with Gasteiger partial charge in [0.15, 0.2) is 0 Å². The van der Waals surface area contributed by atoms with E-state index in [1.54, 1.807) is 0 Å². The Morgan fingerprint density at radius 2 is 1.91 bits per heavy atom. The molecule has 1 saturated heterocycles. The van der Waals surface area contributed by atoms with Crippen LogP contribution in [0.15, 0.2) is 24.3 Å². The molecule has 1 aliphatic carbocycles. The van der Waals surface area contributed by atoms with Gasteiger partial charge in [0.25, 0.3) is 0 Å². The minimum Gasteiger partial charge on any atom is -0.393 e. The third kappa shape index (κ3) is 3.68. The topological polar surface area (TPSA) is 61.4 Å². The number of carbonyl (C=O) groups is 1. The quantitative estimate of drug-likeness (QED) is 0.804. The van der Waals surface area contributed by atoms with Crippen molar-refractivity contribution in [3.63, 3.8) is 0 Å². The second kappa shape index (κ2) is 7.25. The number of piperidine rings is 1. The number of benzene rings is 1. The summed E-state index contributed by atoms with van der Waals surface area (Å²) in [5.41, 5.74) is 2.19. The molecule has 1 saturated carbocycles. The van der Waals surface area contributed by atoms with Gasteiger partial charge in [0, 0.05) is 12.2 Å². The van der Waals surface area contributed by atoms with Crippen LogP contribution in [-0.4, -0.2) is 30.2 Å². The Kier molecular flexibility index (Phi) is 5.11. The lowest BCUT2D eigenvalue weighted by Crippen LogP contribution is -2.37. The largest absolute Gasteiger partial charge is 0.393 e. The fraction of sp³-hybridized carbons (Fsp3) is 0.611. The van der Waals surface area contributed by atoms with Gasteiger partial charge < -0.3 is 15.7 Å². The minimum atomic E-state index is -0.147. The van der Waals surface area contributed by atoms with Gasteiger partial charge in [0.05, 0.1) is 12.0 Å². The Bertz CT molecular complexity index is 504. The summed E-state index contributed by atoms with van der Waals surface area (Å²) in [6.45, 7) is 1.80. The molecule has 0 spiro atoms. The fourth-order valence-corrected chi connectivity index (χ4v) is 3.66. The lowest BCUT2D eigenvalue weighted by molar-refractivity contribution is -0.120. The summed E-state index contributed by atoms with van der Waals surface area (Å²) in [5.74, 6) is 0.662. The zero-order chi connectivity index (χ0) is 15.4. The van der Waals surface area contributed by atoms with Gasteiger partial charge in [-0.05, 0) is 62.6 Å². The number of aliphatic hydroxyl groups excluding tert-OH is 1. The highest BCUT2D eigenvalue weighted by Gasteiger charge is 2.25. The summed E-state index contributed by atoms with van der Waals surface area (Å²) in [6, 6.07) is 8.15. The molecule has 1 aliphatic heterocycles. The van der Waals surface area contributed by atoms with E-state index in [1.165, 1.54) is 5.56 Å². The average Bonchev–Trinajstić information content (AvgIpc) is 2.57. The second-order valence-corrected chi connectivity index (χ2v) is 6.63. The van der Waals surface area contributed by atoms with Crippen LogP contribution < -0.4 is 10.6 Å². The summed E-state index contributed by atoms with van der Waals surface area (Å²) in [7, 11) is 0. The first kappa shape index (κ1) is 15.5. The Morgan fingerprint density at radius 1 is 1.14 bits per heavy atom. The number of amides is 1. The van der Waals surface area contributed by atoms with E-state index in [4.69, 9.17) is 0 Å². The Balaban J connectivity index is 1.69. The van der Waals surface area contributed by atoms with Gasteiger partial charge >= 0.3 is 0 Å². The van der Waals surface area contributed by atoms with Crippen LogP contribution in [0.2, 0.25) is 0 Å². The first-order valence-electron chi connectivity index (χ1n) is 8.52. The summed E-state index contributed by atoms with van der Waals surface area (Å²) in [5, 5.41) is 16.1. The molecule has 1 aromatic rings. The normalized spacial score (nSPS) is 29.0. The van der Waals surface area contributed by atoms with Crippen molar-refractivity contribution in [3.05, 3.63) is 29.8 Å². The first-order chi connectivity index (χ1) is 10.7. The molecule has 2 aliphatic rings. The van der Waals surface area contributed by atoms with Gasteiger partial charge in [-0.3, -0.25) is 4.79 Å². The van der Waals surface area contributed by atoms with Crippen LogP contribution in [0.5, 0.6) is 0 Å².